The summed E-state index contributed by atoms with van der Waals surface area (Å²) < 4.78 is 0. The number of thiophene rings is 1. The Morgan fingerprint density at radius 3 is 2.65 bits per heavy atom. The summed E-state index contributed by atoms with van der Waals surface area (Å²) in [6.07, 6.45) is 1.04. The average molecular weight is 311 g/mol. The van der Waals surface area contributed by atoms with Crippen molar-refractivity contribution < 1.29 is 4.92 Å². The zero-order chi connectivity index (χ0) is 14.5. The quantitative estimate of drug-likeness (QED) is 0.644. The lowest BCUT2D eigenvalue weighted by atomic mass is 10.2. The van der Waals surface area contributed by atoms with Crippen LogP contribution in [-0.4, -0.2) is 4.92 Å². The van der Waals surface area contributed by atoms with Crippen LogP contribution in [0.25, 0.3) is 0 Å². The smallest absolute Gasteiger partial charge is 0.269 e. The topological polar surface area (TPSA) is 55.2 Å². The van der Waals surface area contributed by atoms with Crippen molar-refractivity contribution in [1.82, 2.24) is 5.32 Å². The Bertz CT molecular complexity index is 613. The second kappa shape index (κ2) is 6.83. The van der Waals surface area contributed by atoms with E-state index in [2.05, 4.69) is 24.4 Å². The Kier molecular flexibility index (Phi) is 5.11. The minimum Gasteiger partial charge on any atom is -0.308 e. The highest BCUT2D eigenvalue weighted by molar-refractivity contribution is 7.11. The first-order valence-electron chi connectivity index (χ1n) is 6.31. The van der Waals surface area contributed by atoms with Gasteiger partial charge in [-0.3, -0.25) is 10.1 Å². The predicted molar refractivity (Wildman–Crippen MR) is 82.3 cm³/mol. The molecule has 0 radical (unpaired) electrons. The first-order valence-corrected chi connectivity index (χ1v) is 7.50. The molecule has 2 aromatic rings. The molecule has 1 N–H and O–H groups in total. The number of aryl methyl sites for hydroxylation is 1. The van der Waals surface area contributed by atoms with E-state index in [9.17, 15) is 10.1 Å². The van der Waals surface area contributed by atoms with Crippen LogP contribution in [0.5, 0.6) is 0 Å². The van der Waals surface area contributed by atoms with Gasteiger partial charge in [-0.2, -0.15) is 0 Å². The van der Waals surface area contributed by atoms with Gasteiger partial charge in [-0.1, -0.05) is 18.5 Å². The molecule has 0 saturated heterocycles. The molecule has 0 atom stereocenters. The van der Waals surface area contributed by atoms with Crippen LogP contribution >= 0.6 is 22.9 Å². The molecule has 0 amide bonds. The third-order valence-electron chi connectivity index (χ3n) is 2.92. The average Bonchev–Trinajstić information content (AvgIpc) is 2.88. The molecule has 0 aliphatic rings. The number of nitro benzene ring substituents is 1. The normalized spacial score (nSPS) is 10.7. The van der Waals surface area contributed by atoms with E-state index < -0.39 is 4.92 Å². The van der Waals surface area contributed by atoms with E-state index in [1.807, 2.05) is 0 Å². The summed E-state index contributed by atoms with van der Waals surface area (Å²) in [5.74, 6) is 0. The lowest BCUT2D eigenvalue weighted by Crippen LogP contribution is -2.12. The van der Waals surface area contributed by atoms with Crippen LogP contribution in [0.4, 0.5) is 5.69 Å². The molecule has 2 rings (SSSR count). The molecule has 20 heavy (non-hydrogen) atoms. The predicted octanol–water partition coefficient (Wildman–Crippen LogP) is 4.16. The van der Waals surface area contributed by atoms with E-state index in [-0.39, 0.29) is 5.69 Å². The fourth-order valence-corrected chi connectivity index (χ4v) is 2.95. The number of hydrogen-bond donors (Lipinski definition) is 1. The van der Waals surface area contributed by atoms with E-state index in [1.165, 1.54) is 21.9 Å². The van der Waals surface area contributed by atoms with Gasteiger partial charge in [0.15, 0.2) is 0 Å². The number of nitrogens with one attached hydrogen (secondary N) is 1. The summed E-state index contributed by atoms with van der Waals surface area (Å²) in [6.45, 7) is 3.38. The zero-order valence-electron chi connectivity index (χ0n) is 11.1. The third-order valence-corrected chi connectivity index (χ3v) is 4.52. The first kappa shape index (κ1) is 15.0. The maximum atomic E-state index is 10.7. The van der Waals surface area contributed by atoms with Crippen LogP contribution in [0.2, 0.25) is 5.02 Å². The summed E-state index contributed by atoms with van der Waals surface area (Å²) in [4.78, 5) is 12.9. The molecule has 1 heterocycles. The van der Waals surface area contributed by atoms with Crippen molar-refractivity contribution in [2.45, 2.75) is 26.4 Å². The highest BCUT2D eigenvalue weighted by atomic mass is 35.5. The lowest BCUT2D eigenvalue weighted by Gasteiger charge is -2.05. The highest BCUT2D eigenvalue weighted by Crippen LogP contribution is 2.22. The molecule has 0 bridgehead atoms. The van der Waals surface area contributed by atoms with Crippen molar-refractivity contribution >= 4 is 28.6 Å². The number of benzene rings is 1. The molecule has 6 heteroatoms. The van der Waals surface area contributed by atoms with Gasteiger partial charge in [0.25, 0.3) is 5.69 Å². The standard InChI is InChI=1S/C14H15ClN2O2S/c1-2-12-4-5-13(20-12)9-16-8-10-7-11(17(18)19)3-6-14(10)15/h3-7,16H,2,8-9H2,1H3. The second-order valence-electron chi connectivity index (χ2n) is 4.36. The molecule has 106 valence electrons. The number of hydrogen-bond acceptors (Lipinski definition) is 4. The van der Waals surface area contributed by atoms with E-state index in [1.54, 1.807) is 17.4 Å². The van der Waals surface area contributed by atoms with Crippen molar-refractivity contribution in [2.75, 3.05) is 0 Å². The van der Waals surface area contributed by atoms with Crippen LogP contribution < -0.4 is 5.32 Å². The molecule has 0 unspecified atom stereocenters. The second-order valence-corrected chi connectivity index (χ2v) is 6.02. The fourth-order valence-electron chi connectivity index (χ4n) is 1.84. The van der Waals surface area contributed by atoms with Gasteiger partial charge in [0.2, 0.25) is 0 Å². The van der Waals surface area contributed by atoms with Crippen LogP contribution in [0.1, 0.15) is 22.2 Å². The molecule has 0 spiro atoms. The van der Waals surface area contributed by atoms with Gasteiger partial charge in [0, 0.05) is 40.0 Å². The molecular formula is C14H15ClN2O2S. The van der Waals surface area contributed by atoms with E-state index in [4.69, 9.17) is 11.6 Å². The van der Waals surface area contributed by atoms with Crippen molar-refractivity contribution in [3.05, 3.63) is 60.8 Å². The van der Waals surface area contributed by atoms with Crippen LogP contribution in [-0.2, 0) is 19.5 Å². The fraction of sp³-hybridized carbons (Fsp3) is 0.286. The van der Waals surface area contributed by atoms with Gasteiger partial charge in [-0.15, -0.1) is 11.3 Å². The first-order chi connectivity index (χ1) is 9.60. The molecule has 0 saturated carbocycles. The summed E-state index contributed by atoms with van der Waals surface area (Å²) in [6, 6.07) is 8.73. The van der Waals surface area contributed by atoms with Crippen molar-refractivity contribution in [3.8, 4) is 0 Å². The summed E-state index contributed by atoms with van der Waals surface area (Å²) in [7, 11) is 0. The molecule has 0 aliphatic carbocycles. The summed E-state index contributed by atoms with van der Waals surface area (Å²) in [5, 5.41) is 14.5. The number of nitro groups is 1. The summed E-state index contributed by atoms with van der Waals surface area (Å²) >= 11 is 7.83. The van der Waals surface area contributed by atoms with Crippen molar-refractivity contribution in [1.29, 1.82) is 0 Å². The van der Waals surface area contributed by atoms with Gasteiger partial charge in [0.05, 0.1) is 4.92 Å². The Balaban J connectivity index is 1.96. The van der Waals surface area contributed by atoms with Crippen LogP contribution in [0.15, 0.2) is 30.3 Å². The summed E-state index contributed by atoms with van der Waals surface area (Å²) in [5.41, 5.74) is 0.809. The molecule has 1 aromatic carbocycles. The number of rotatable bonds is 6. The number of nitrogens with zero attached hydrogens (tertiary/aromatic N) is 1. The van der Waals surface area contributed by atoms with Crippen LogP contribution in [0.3, 0.4) is 0 Å². The van der Waals surface area contributed by atoms with E-state index in [0.29, 0.717) is 11.6 Å². The minimum atomic E-state index is -0.410. The number of halogens is 1. The monoisotopic (exact) mass is 310 g/mol. The van der Waals surface area contributed by atoms with Gasteiger partial charge >= 0.3 is 0 Å². The van der Waals surface area contributed by atoms with Gasteiger partial charge in [0.1, 0.15) is 0 Å². The van der Waals surface area contributed by atoms with Gasteiger partial charge in [-0.25, -0.2) is 0 Å². The maximum absolute atomic E-state index is 10.7. The molecule has 0 fully saturated rings. The Labute approximate surface area is 126 Å². The molecular weight excluding hydrogens is 296 g/mol. The lowest BCUT2D eigenvalue weighted by molar-refractivity contribution is -0.384. The Morgan fingerprint density at radius 1 is 1.25 bits per heavy atom. The Morgan fingerprint density at radius 2 is 2.00 bits per heavy atom. The molecule has 4 nitrogen and oxygen atoms in total. The van der Waals surface area contributed by atoms with Gasteiger partial charge < -0.3 is 5.32 Å². The molecule has 0 aliphatic heterocycles. The zero-order valence-corrected chi connectivity index (χ0v) is 12.6. The third kappa shape index (κ3) is 3.79. The molecule has 1 aromatic heterocycles. The SMILES string of the molecule is CCc1ccc(CNCc2cc([N+](=O)[O-])ccc2Cl)s1. The van der Waals surface area contributed by atoms with Crippen molar-refractivity contribution in [2.24, 2.45) is 0 Å². The highest BCUT2D eigenvalue weighted by Gasteiger charge is 2.09. The largest absolute Gasteiger partial charge is 0.308 e. The number of non-ortho nitro benzene ring substituents is 1. The van der Waals surface area contributed by atoms with E-state index >= 15 is 0 Å². The Hall–Kier alpha value is -1.43. The maximum Gasteiger partial charge on any atom is 0.269 e. The van der Waals surface area contributed by atoms with E-state index in [0.717, 1.165) is 18.5 Å². The van der Waals surface area contributed by atoms with Crippen molar-refractivity contribution in [3.63, 3.8) is 0 Å². The van der Waals surface area contributed by atoms with Gasteiger partial charge in [-0.05, 0) is 30.2 Å². The minimum absolute atomic E-state index is 0.0654. The van der Waals surface area contributed by atoms with Crippen LogP contribution in [0, 0.1) is 10.1 Å².